The lowest BCUT2D eigenvalue weighted by Gasteiger charge is -2.16. The maximum absolute atomic E-state index is 11.8. The lowest BCUT2D eigenvalue weighted by molar-refractivity contribution is -0.113. The largest absolute Gasteiger partial charge is 0.308 e. The van der Waals surface area contributed by atoms with Gasteiger partial charge >= 0.3 is 0 Å². The van der Waals surface area contributed by atoms with Gasteiger partial charge in [-0.1, -0.05) is 18.2 Å². The highest BCUT2D eigenvalue weighted by Gasteiger charge is 2.28. The van der Waals surface area contributed by atoms with Crippen LogP contribution in [-0.4, -0.2) is 21.9 Å². The van der Waals surface area contributed by atoms with Crippen molar-refractivity contribution < 1.29 is 4.79 Å². The van der Waals surface area contributed by atoms with Gasteiger partial charge in [0.2, 0.25) is 5.91 Å². The van der Waals surface area contributed by atoms with Gasteiger partial charge < -0.3 is 5.32 Å². The summed E-state index contributed by atoms with van der Waals surface area (Å²) >= 11 is 1.65. The van der Waals surface area contributed by atoms with Crippen LogP contribution in [0.5, 0.6) is 0 Å². The van der Waals surface area contributed by atoms with Gasteiger partial charge in [-0.15, -0.1) is 11.8 Å². The molecule has 2 heterocycles. The van der Waals surface area contributed by atoms with Gasteiger partial charge in [-0.25, -0.2) is 0 Å². The number of nitrogens with zero attached hydrogens (tertiary/aromatic N) is 1. The van der Waals surface area contributed by atoms with Crippen molar-refractivity contribution in [1.82, 2.24) is 10.2 Å². The van der Waals surface area contributed by atoms with Gasteiger partial charge in [0.25, 0.3) is 0 Å². The zero-order valence-corrected chi connectivity index (χ0v) is 12.6. The van der Waals surface area contributed by atoms with E-state index in [4.69, 9.17) is 0 Å². The summed E-state index contributed by atoms with van der Waals surface area (Å²) < 4.78 is 0. The predicted molar refractivity (Wildman–Crippen MR) is 82.2 cm³/mol. The molecule has 0 saturated heterocycles. The van der Waals surface area contributed by atoms with Crippen LogP contribution < -0.4 is 5.32 Å². The van der Waals surface area contributed by atoms with E-state index in [9.17, 15) is 4.79 Å². The summed E-state index contributed by atoms with van der Waals surface area (Å²) in [6, 6.07) is 6.49. The second-order valence-electron chi connectivity index (χ2n) is 5.19. The fourth-order valence-corrected chi connectivity index (χ4v) is 3.64. The highest BCUT2D eigenvalue weighted by atomic mass is 32.2. The van der Waals surface area contributed by atoms with Crippen LogP contribution in [0.15, 0.2) is 18.2 Å². The Balaban J connectivity index is 2.10. The summed E-state index contributed by atoms with van der Waals surface area (Å²) in [4.78, 5) is 11.8. The third-order valence-corrected chi connectivity index (χ3v) is 5.00. The number of hydrogen-bond donors (Lipinski definition) is 2. The molecule has 2 N–H and O–H groups in total. The van der Waals surface area contributed by atoms with E-state index in [1.54, 1.807) is 11.8 Å². The van der Waals surface area contributed by atoms with Crippen molar-refractivity contribution in [3.63, 3.8) is 0 Å². The fourth-order valence-electron chi connectivity index (χ4n) is 2.46. The summed E-state index contributed by atoms with van der Waals surface area (Å²) in [5.74, 6) is 1.13. The van der Waals surface area contributed by atoms with E-state index in [-0.39, 0.29) is 11.2 Å². The molecular weight excluding hydrogens is 270 g/mol. The number of rotatable bonds is 1. The second-order valence-corrected chi connectivity index (χ2v) is 6.29. The van der Waals surface area contributed by atoms with E-state index in [2.05, 4.69) is 47.6 Å². The number of amides is 1. The van der Waals surface area contributed by atoms with Gasteiger partial charge in [-0.3, -0.25) is 9.89 Å². The van der Waals surface area contributed by atoms with E-state index < -0.39 is 0 Å². The minimum atomic E-state index is 0.00841. The molecule has 0 spiro atoms. The van der Waals surface area contributed by atoms with Crippen LogP contribution in [0.4, 0.5) is 5.82 Å². The molecule has 2 aromatic rings. The summed E-state index contributed by atoms with van der Waals surface area (Å²) in [6.07, 6.45) is 0. The van der Waals surface area contributed by atoms with Crippen molar-refractivity contribution in [3.05, 3.63) is 46.1 Å². The number of benzene rings is 1. The molecular formula is C15H17N3OS. The molecule has 0 radical (unpaired) electrons. The Kier molecular flexibility index (Phi) is 3.30. The van der Waals surface area contributed by atoms with E-state index in [0.717, 1.165) is 11.3 Å². The minimum Gasteiger partial charge on any atom is -0.308 e. The van der Waals surface area contributed by atoms with Gasteiger partial charge in [-0.2, -0.15) is 5.10 Å². The topological polar surface area (TPSA) is 57.8 Å². The number of thioether (sulfide) groups is 1. The number of aromatic nitrogens is 2. The van der Waals surface area contributed by atoms with Crippen molar-refractivity contribution in [1.29, 1.82) is 0 Å². The molecule has 3 rings (SSSR count). The van der Waals surface area contributed by atoms with E-state index in [0.29, 0.717) is 11.6 Å². The Morgan fingerprint density at radius 1 is 1.25 bits per heavy atom. The lowest BCUT2D eigenvalue weighted by atomic mass is 10.00. The van der Waals surface area contributed by atoms with Crippen LogP contribution in [0.3, 0.4) is 0 Å². The van der Waals surface area contributed by atoms with Crippen LogP contribution in [0.1, 0.15) is 33.2 Å². The molecule has 1 aromatic carbocycles. The van der Waals surface area contributed by atoms with E-state index in [1.807, 2.05) is 6.92 Å². The number of hydrogen-bond acceptors (Lipinski definition) is 3. The summed E-state index contributed by atoms with van der Waals surface area (Å²) in [5, 5.41) is 10.2. The molecule has 1 unspecified atom stereocenters. The Morgan fingerprint density at radius 3 is 2.80 bits per heavy atom. The van der Waals surface area contributed by atoms with Crippen molar-refractivity contribution >= 4 is 23.5 Å². The first-order chi connectivity index (χ1) is 9.56. The van der Waals surface area contributed by atoms with E-state index in [1.165, 1.54) is 16.7 Å². The maximum Gasteiger partial charge on any atom is 0.235 e. The summed E-state index contributed by atoms with van der Waals surface area (Å²) in [6.45, 7) is 6.23. The van der Waals surface area contributed by atoms with Crippen LogP contribution in [0, 0.1) is 20.8 Å². The number of anilines is 1. The fraction of sp³-hybridized carbons (Fsp3) is 0.333. The number of nitrogens with one attached hydrogen (secondary N) is 2. The molecule has 1 atom stereocenters. The number of aromatic amines is 1. The molecule has 1 aliphatic rings. The van der Waals surface area contributed by atoms with Crippen LogP contribution in [0.25, 0.3) is 0 Å². The molecule has 0 bridgehead atoms. The monoisotopic (exact) mass is 287 g/mol. The highest BCUT2D eigenvalue weighted by Crippen LogP contribution is 2.42. The molecule has 4 nitrogen and oxygen atoms in total. The Hall–Kier alpha value is -1.75. The van der Waals surface area contributed by atoms with Gasteiger partial charge in [-0.05, 0) is 37.5 Å². The van der Waals surface area contributed by atoms with Crippen LogP contribution in [0.2, 0.25) is 0 Å². The van der Waals surface area contributed by atoms with Crippen molar-refractivity contribution in [2.75, 3.05) is 11.1 Å². The van der Waals surface area contributed by atoms with Crippen molar-refractivity contribution in [3.8, 4) is 0 Å². The number of fused-ring (bicyclic) bond motifs is 1. The van der Waals surface area contributed by atoms with Gasteiger partial charge in [0, 0.05) is 11.3 Å². The second kappa shape index (κ2) is 4.98. The first-order valence-corrected chi connectivity index (χ1v) is 7.64. The highest BCUT2D eigenvalue weighted by molar-refractivity contribution is 8.00. The minimum absolute atomic E-state index is 0.00841. The summed E-state index contributed by atoms with van der Waals surface area (Å²) in [7, 11) is 0. The molecule has 0 saturated carbocycles. The molecule has 1 aromatic heterocycles. The first-order valence-electron chi connectivity index (χ1n) is 6.59. The number of carbonyl (C=O) groups excluding carboxylic acids is 1. The maximum atomic E-state index is 11.8. The van der Waals surface area contributed by atoms with Gasteiger partial charge in [0.1, 0.15) is 0 Å². The predicted octanol–water partition coefficient (Wildman–Crippen LogP) is 3.11. The zero-order valence-electron chi connectivity index (χ0n) is 11.8. The van der Waals surface area contributed by atoms with Crippen LogP contribution in [-0.2, 0) is 4.79 Å². The molecule has 104 valence electrons. The average Bonchev–Trinajstić information content (AvgIpc) is 2.67. The molecule has 5 heteroatoms. The Morgan fingerprint density at radius 2 is 2.05 bits per heavy atom. The van der Waals surface area contributed by atoms with Crippen molar-refractivity contribution in [2.45, 2.75) is 26.0 Å². The number of H-pyrrole nitrogens is 1. The third-order valence-electron chi connectivity index (χ3n) is 3.73. The smallest absolute Gasteiger partial charge is 0.235 e. The zero-order chi connectivity index (χ0) is 14.3. The Labute approximate surface area is 122 Å². The third kappa shape index (κ3) is 2.22. The average molecular weight is 287 g/mol. The SMILES string of the molecule is Cc1ccc(C2SCC(=O)Nc3n[nH]c(C)c32)cc1C. The standard InChI is InChI=1S/C15H17N3OS/c1-8-4-5-11(6-9(8)2)14-13-10(3)17-18-15(13)16-12(19)7-20-14/h4-6,14H,7H2,1-3H3,(H2,16,17,18,19). The number of carbonyl (C=O) groups is 1. The van der Waals surface area contributed by atoms with Crippen LogP contribution >= 0.6 is 11.8 Å². The normalized spacial score (nSPS) is 18.4. The van der Waals surface area contributed by atoms with Gasteiger partial charge in [0.15, 0.2) is 5.82 Å². The quantitative estimate of drug-likeness (QED) is 0.847. The van der Waals surface area contributed by atoms with E-state index >= 15 is 0 Å². The van der Waals surface area contributed by atoms with Crippen molar-refractivity contribution in [2.24, 2.45) is 0 Å². The lowest BCUT2D eigenvalue weighted by Crippen LogP contribution is -2.12. The van der Waals surface area contributed by atoms with Gasteiger partial charge in [0.05, 0.1) is 11.0 Å². The molecule has 20 heavy (non-hydrogen) atoms. The Bertz CT molecular complexity index is 678. The molecule has 0 aliphatic carbocycles. The first kappa shape index (κ1) is 13.2. The molecule has 1 amide bonds. The summed E-state index contributed by atoms with van der Waals surface area (Å²) in [5.41, 5.74) is 5.88. The molecule has 0 fully saturated rings. The number of aryl methyl sites for hydroxylation is 3. The molecule has 1 aliphatic heterocycles.